The van der Waals surface area contributed by atoms with Gasteiger partial charge in [0.15, 0.2) is 6.29 Å². The maximum atomic E-state index is 6.38. The Bertz CT molecular complexity index is 353. The Morgan fingerprint density at radius 3 is 2.50 bits per heavy atom. The van der Waals surface area contributed by atoms with Crippen molar-refractivity contribution in [2.45, 2.75) is 71.4 Å². The molecule has 2 saturated heterocycles. The number of rotatable bonds is 2. The van der Waals surface area contributed by atoms with Gasteiger partial charge < -0.3 is 9.47 Å². The summed E-state index contributed by atoms with van der Waals surface area (Å²) < 4.78 is 12.7. The van der Waals surface area contributed by atoms with E-state index >= 15 is 0 Å². The SMILES string of the molecule is C=CCC1OC2OC(C)CCC3C2C(CC[C@H]3C)[C@H]1C. The zero-order valence-corrected chi connectivity index (χ0v) is 13.3. The second kappa shape index (κ2) is 5.81. The lowest BCUT2D eigenvalue weighted by molar-refractivity contribution is -0.276. The third-order valence-electron chi connectivity index (χ3n) is 6.23. The van der Waals surface area contributed by atoms with Gasteiger partial charge in [-0.15, -0.1) is 6.58 Å². The predicted molar refractivity (Wildman–Crippen MR) is 81.3 cm³/mol. The van der Waals surface area contributed by atoms with E-state index in [0.717, 1.165) is 24.2 Å². The Balaban J connectivity index is 1.87. The summed E-state index contributed by atoms with van der Waals surface area (Å²) in [6, 6.07) is 0. The minimum absolute atomic E-state index is 0.0337. The molecule has 8 atom stereocenters. The number of hydrogen-bond donors (Lipinski definition) is 0. The van der Waals surface area contributed by atoms with Crippen LogP contribution >= 0.6 is 0 Å². The van der Waals surface area contributed by atoms with Gasteiger partial charge in [-0.2, -0.15) is 0 Å². The van der Waals surface area contributed by atoms with E-state index in [2.05, 4.69) is 27.4 Å². The second-order valence-electron chi connectivity index (χ2n) is 7.41. The van der Waals surface area contributed by atoms with Crippen LogP contribution in [0.25, 0.3) is 0 Å². The van der Waals surface area contributed by atoms with Gasteiger partial charge in [-0.05, 0) is 56.3 Å². The molecule has 0 spiro atoms. The average Bonchev–Trinajstić information content (AvgIpc) is 2.58. The first-order valence-corrected chi connectivity index (χ1v) is 8.53. The van der Waals surface area contributed by atoms with Crippen molar-refractivity contribution in [3.63, 3.8) is 0 Å². The van der Waals surface area contributed by atoms with Crippen LogP contribution in [0.4, 0.5) is 0 Å². The molecule has 0 aromatic rings. The highest BCUT2D eigenvalue weighted by molar-refractivity contribution is 4.97. The normalized spacial score (nSPS) is 52.0. The van der Waals surface area contributed by atoms with Gasteiger partial charge in [0.05, 0.1) is 12.2 Å². The van der Waals surface area contributed by atoms with Crippen LogP contribution in [0.15, 0.2) is 12.7 Å². The summed E-state index contributed by atoms with van der Waals surface area (Å²) in [5.41, 5.74) is 0. The fourth-order valence-corrected chi connectivity index (χ4v) is 5.00. The molecule has 1 aliphatic carbocycles. The maximum absolute atomic E-state index is 6.38. The molecule has 3 rings (SSSR count). The van der Waals surface area contributed by atoms with Crippen LogP contribution in [0.3, 0.4) is 0 Å². The summed E-state index contributed by atoms with van der Waals surface area (Å²) in [6.45, 7) is 10.9. The van der Waals surface area contributed by atoms with E-state index in [0.29, 0.717) is 24.0 Å². The smallest absolute Gasteiger partial charge is 0.161 e. The third-order valence-corrected chi connectivity index (χ3v) is 6.23. The quantitative estimate of drug-likeness (QED) is 0.697. The van der Waals surface area contributed by atoms with Crippen LogP contribution in [-0.4, -0.2) is 18.5 Å². The molecule has 0 amide bonds. The first-order chi connectivity index (χ1) is 9.61. The van der Waals surface area contributed by atoms with E-state index < -0.39 is 0 Å². The van der Waals surface area contributed by atoms with Gasteiger partial charge in [-0.3, -0.25) is 0 Å². The molecular formula is C18H30O2. The highest BCUT2D eigenvalue weighted by Crippen LogP contribution is 2.52. The molecule has 3 aliphatic rings. The topological polar surface area (TPSA) is 18.5 Å². The van der Waals surface area contributed by atoms with Crippen molar-refractivity contribution >= 4 is 0 Å². The summed E-state index contributed by atoms with van der Waals surface area (Å²) >= 11 is 0. The van der Waals surface area contributed by atoms with Crippen molar-refractivity contribution in [1.82, 2.24) is 0 Å². The first-order valence-electron chi connectivity index (χ1n) is 8.53. The van der Waals surface area contributed by atoms with E-state index in [4.69, 9.17) is 9.47 Å². The fraction of sp³-hybridized carbons (Fsp3) is 0.889. The molecule has 0 aromatic carbocycles. The fourth-order valence-electron chi connectivity index (χ4n) is 5.00. The van der Waals surface area contributed by atoms with E-state index in [9.17, 15) is 0 Å². The molecule has 2 heteroatoms. The monoisotopic (exact) mass is 278 g/mol. The first kappa shape index (κ1) is 14.6. The van der Waals surface area contributed by atoms with Crippen molar-refractivity contribution in [3.05, 3.63) is 12.7 Å². The van der Waals surface area contributed by atoms with Crippen LogP contribution in [0.2, 0.25) is 0 Å². The summed E-state index contributed by atoms with van der Waals surface area (Å²) in [6.07, 6.45) is 8.90. The van der Waals surface area contributed by atoms with Crippen molar-refractivity contribution in [2.75, 3.05) is 0 Å². The van der Waals surface area contributed by atoms with Crippen LogP contribution in [0.5, 0.6) is 0 Å². The maximum Gasteiger partial charge on any atom is 0.161 e. The third kappa shape index (κ3) is 2.46. The molecule has 0 aromatic heterocycles. The van der Waals surface area contributed by atoms with Crippen molar-refractivity contribution < 1.29 is 9.47 Å². The molecule has 2 aliphatic heterocycles. The van der Waals surface area contributed by atoms with Gasteiger partial charge in [0.1, 0.15) is 0 Å². The van der Waals surface area contributed by atoms with Crippen molar-refractivity contribution in [3.8, 4) is 0 Å². The van der Waals surface area contributed by atoms with Gasteiger partial charge >= 0.3 is 0 Å². The molecule has 20 heavy (non-hydrogen) atoms. The molecule has 2 heterocycles. The molecule has 2 nitrogen and oxygen atoms in total. The van der Waals surface area contributed by atoms with E-state index in [1.807, 2.05) is 6.08 Å². The van der Waals surface area contributed by atoms with Gasteiger partial charge in [0.25, 0.3) is 0 Å². The molecule has 0 radical (unpaired) electrons. The highest BCUT2D eigenvalue weighted by atomic mass is 16.7. The summed E-state index contributed by atoms with van der Waals surface area (Å²) in [5.74, 6) is 3.68. The van der Waals surface area contributed by atoms with E-state index in [1.54, 1.807) is 0 Å². The van der Waals surface area contributed by atoms with Gasteiger partial charge in [0, 0.05) is 5.92 Å². The average molecular weight is 278 g/mol. The summed E-state index contributed by atoms with van der Waals surface area (Å²) in [7, 11) is 0. The lowest BCUT2D eigenvalue weighted by Gasteiger charge is -2.52. The van der Waals surface area contributed by atoms with Gasteiger partial charge in [0.2, 0.25) is 0 Å². The lowest BCUT2D eigenvalue weighted by Crippen LogP contribution is -2.52. The van der Waals surface area contributed by atoms with Gasteiger partial charge in [-0.1, -0.05) is 26.3 Å². The molecule has 1 saturated carbocycles. The van der Waals surface area contributed by atoms with E-state index in [-0.39, 0.29) is 6.29 Å². The molecule has 6 unspecified atom stereocenters. The summed E-state index contributed by atoms with van der Waals surface area (Å²) in [4.78, 5) is 0. The molecule has 114 valence electrons. The highest BCUT2D eigenvalue weighted by Gasteiger charge is 2.51. The second-order valence-corrected chi connectivity index (χ2v) is 7.41. The van der Waals surface area contributed by atoms with Crippen LogP contribution in [0, 0.1) is 29.6 Å². The standard InChI is InChI=1S/C18H30O2/c1-5-6-16-13(4)15-9-7-11(2)14-10-8-12(3)19-18(20-16)17(14)15/h5,11-18H,1,6-10H2,2-4H3/t11-,12?,13-,14?,15?,16?,17?,18?/m1/s1. The zero-order chi connectivity index (χ0) is 14.3. The number of hydrogen-bond acceptors (Lipinski definition) is 2. The molecular weight excluding hydrogens is 248 g/mol. The predicted octanol–water partition coefficient (Wildman–Crippen LogP) is 4.40. The Hall–Kier alpha value is -0.340. The van der Waals surface area contributed by atoms with Crippen LogP contribution < -0.4 is 0 Å². The van der Waals surface area contributed by atoms with E-state index in [1.165, 1.54) is 25.7 Å². The Morgan fingerprint density at radius 1 is 1.00 bits per heavy atom. The van der Waals surface area contributed by atoms with Crippen molar-refractivity contribution in [1.29, 1.82) is 0 Å². The zero-order valence-electron chi connectivity index (χ0n) is 13.3. The van der Waals surface area contributed by atoms with Crippen LogP contribution in [-0.2, 0) is 9.47 Å². The van der Waals surface area contributed by atoms with Gasteiger partial charge in [-0.25, -0.2) is 0 Å². The largest absolute Gasteiger partial charge is 0.349 e. The lowest BCUT2D eigenvalue weighted by atomic mass is 9.60. The molecule has 3 fully saturated rings. The van der Waals surface area contributed by atoms with Crippen LogP contribution in [0.1, 0.15) is 52.9 Å². The Kier molecular flexibility index (Phi) is 4.24. The molecule has 0 N–H and O–H groups in total. The minimum atomic E-state index is 0.0337. The molecule has 0 bridgehead atoms. The summed E-state index contributed by atoms with van der Waals surface area (Å²) in [5, 5.41) is 0. The minimum Gasteiger partial charge on any atom is -0.349 e. The Morgan fingerprint density at radius 2 is 1.75 bits per heavy atom. The Labute approximate surface area is 123 Å². The number of ether oxygens (including phenoxy) is 2. The van der Waals surface area contributed by atoms with Crippen molar-refractivity contribution in [2.24, 2.45) is 29.6 Å².